The number of aryl methyl sites for hydroxylation is 1. The molecule has 1 aromatic heterocycles. The molecule has 1 aliphatic rings. The van der Waals surface area contributed by atoms with Crippen LogP contribution in [0.1, 0.15) is 25.7 Å². The Morgan fingerprint density at radius 2 is 2.20 bits per heavy atom. The molecule has 2 atom stereocenters. The van der Waals surface area contributed by atoms with Crippen LogP contribution in [0.2, 0.25) is 0 Å². The molecule has 84 valence electrons. The fourth-order valence-corrected chi connectivity index (χ4v) is 2.80. The second-order valence-electron chi connectivity index (χ2n) is 4.32. The van der Waals surface area contributed by atoms with Crippen LogP contribution in [0.15, 0.2) is 12.4 Å². The Bertz CT molecular complexity index is 323. The minimum atomic E-state index is 0.264. The van der Waals surface area contributed by atoms with Crippen LogP contribution in [0, 0.1) is 0 Å². The SMILES string of the molecule is CN(c1nccn1C)C1CCCCC1Cl. The summed E-state index contributed by atoms with van der Waals surface area (Å²) in [5, 5.41) is 0.264. The molecule has 2 unspecified atom stereocenters. The maximum absolute atomic E-state index is 6.37. The average molecular weight is 228 g/mol. The van der Waals surface area contributed by atoms with Gasteiger partial charge in [-0.2, -0.15) is 0 Å². The van der Waals surface area contributed by atoms with Crippen LogP contribution in [0.25, 0.3) is 0 Å². The smallest absolute Gasteiger partial charge is 0.205 e. The molecule has 1 fully saturated rings. The van der Waals surface area contributed by atoms with Crippen molar-refractivity contribution in [2.24, 2.45) is 7.05 Å². The Kier molecular flexibility index (Phi) is 3.19. The lowest BCUT2D eigenvalue weighted by Gasteiger charge is -2.35. The molecule has 0 aromatic carbocycles. The third kappa shape index (κ3) is 2.12. The summed E-state index contributed by atoms with van der Waals surface area (Å²) in [5.41, 5.74) is 0. The van der Waals surface area contributed by atoms with Gasteiger partial charge in [0.15, 0.2) is 0 Å². The maximum atomic E-state index is 6.37. The summed E-state index contributed by atoms with van der Waals surface area (Å²) in [5.74, 6) is 1.01. The van der Waals surface area contributed by atoms with E-state index in [9.17, 15) is 0 Å². The molecule has 1 aliphatic carbocycles. The Morgan fingerprint density at radius 1 is 1.47 bits per heavy atom. The second kappa shape index (κ2) is 4.44. The maximum Gasteiger partial charge on any atom is 0.205 e. The molecule has 3 nitrogen and oxygen atoms in total. The van der Waals surface area contributed by atoms with Gasteiger partial charge in [-0.3, -0.25) is 0 Å². The van der Waals surface area contributed by atoms with Crippen molar-refractivity contribution in [1.82, 2.24) is 9.55 Å². The van der Waals surface area contributed by atoms with Gasteiger partial charge in [0, 0.05) is 32.5 Å². The fourth-order valence-electron chi connectivity index (χ4n) is 2.35. The van der Waals surface area contributed by atoms with Gasteiger partial charge in [0.25, 0.3) is 0 Å². The van der Waals surface area contributed by atoms with Gasteiger partial charge in [-0.25, -0.2) is 4.98 Å². The topological polar surface area (TPSA) is 21.1 Å². The molecule has 0 aliphatic heterocycles. The van der Waals surface area contributed by atoms with Gasteiger partial charge in [-0.15, -0.1) is 11.6 Å². The number of hydrogen-bond acceptors (Lipinski definition) is 2. The summed E-state index contributed by atoms with van der Waals surface area (Å²) in [6.07, 6.45) is 8.65. The quantitative estimate of drug-likeness (QED) is 0.724. The van der Waals surface area contributed by atoms with Crippen LogP contribution in [0.3, 0.4) is 0 Å². The highest BCUT2D eigenvalue weighted by Gasteiger charge is 2.28. The molecule has 4 heteroatoms. The molecule has 0 radical (unpaired) electrons. The van der Waals surface area contributed by atoms with Gasteiger partial charge in [0.05, 0.1) is 5.38 Å². The lowest BCUT2D eigenvalue weighted by atomic mass is 9.94. The molecule has 1 saturated carbocycles. The van der Waals surface area contributed by atoms with E-state index in [1.165, 1.54) is 19.3 Å². The zero-order valence-corrected chi connectivity index (χ0v) is 10.1. The van der Waals surface area contributed by atoms with Crippen molar-refractivity contribution in [1.29, 1.82) is 0 Å². The van der Waals surface area contributed by atoms with E-state index in [1.807, 2.05) is 24.0 Å². The Hall–Kier alpha value is -0.700. The number of halogens is 1. The van der Waals surface area contributed by atoms with Gasteiger partial charge in [-0.1, -0.05) is 12.8 Å². The van der Waals surface area contributed by atoms with E-state index in [4.69, 9.17) is 11.6 Å². The van der Waals surface area contributed by atoms with Gasteiger partial charge >= 0.3 is 0 Å². The molecule has 0 saturated heterocycles. The van der Waals surface area contributed by atoms with E-state index in [2.05, 4.69) is 16.9 Å². The largest absolute Gasteiger partial charge is 0.341 e. The first-order valence-electron chi connectivity index (χ1n) is 5.54. The summed E-state index contributed by atoms with van der Waals surface area (Å²) >= 11 is 6.37. The number of hydrogen-bond donors (Lipinski definition) is 0. The third-order valence-corrected chi connectivity index (χ3v) is 3.77. The molecular formula is C11H18ClN3. The monoisotopic (exact) mass is 227 g/mol. The molecule has 0 N–H and O–H groups in total. The molecule has 0 spiro atoms. The van der Waals surface area contributed by atoms with Gasteiger partial charge in [-0.05, 0) is 12.8 Å². The zero-order valence-electron chi connectivity index (χ0n) is 9.36. The zero-order chi connectivity index (χ0) is 10.8. The Labute approximate surface area is 96.0 Å². The summed E-state index contributed by atoms with van der Waals surface area (Å²) < 4.78 is 2.04. The van der Waals surface area contributed by atoms with E-state index < -0.39 is 0 Å². The lowest BCUT2D eigenvalue weighted by Crippen LogP contribution is -2.42. The predicted octanol–water partition coefficient (Wildman–Crippen LogP) is 2.41. The summed E-state index contributed by atoms with van der Waals surface area (Å²) in [6.45, 7) is 0. The lowest BCUT2D eigenvalue weighted by molar-refractivity contribution is 0.429. The van der Waals surface area contributed by atoms with E-state index in [1.54, 1.807) is 0 Å². The van der Waals surface area contributed by atoms with E-state index in [-0.39, 0.29) is 5.38 Å². The number of nitrogens with zero attached hydrogens (tertiary/aromatic N) is 3. The number of aromatic nitrogens is 2. The van der Waals surface area contributed by atoms with Crippen molar-refractivity contribution in [2.75, 3.05) is 11.9 Å². The summed E-state index contributed by atoms with van der Waals surface area (Å²) in [4.78, 5) is 6.57. The van der Waals surface area contributed by atoms with Crippen LogP contribution >= 0.6 is 11.6 Å². The van der Waals surface area contributed by atoms with E-state index in [0.29, 0.717) is 6.04 Å². The van der Waals surface area contributed by atoms with E-state index in [0.717, 1.165) is 12.4 Å². The Balaban J connectivity index is 2.13. The van der Waals surface area contributed by atoms with Crippen molar-refractivity contribution >= 4 is 17.5 Å². The van der Waals surface area contributed by atoms with Crippen molar-refractivity contribution in [3.63, 3.8) is 0 Å². The van der Waals surface area contributed by atoms with Crippen molar-refractivity contribution in [2.45, 2.75) is 37.1 Å². The minimum absolute atomic E-state index is 0.264. The first-order chi connectivity index (χ1) is 7.20. The van der Waals surface area contributed by atoms with Gasteiger partial charge < -0.3 is 9.47 Å². The average Bonchev–Trinajstić information content (AvgIpc) is 2.64. The van der Waals surface area contributed by atoms with Crippen LogP contribution in [0.5, 0.6) is 0 Å². The number of anilines is 1. The molecule has 0 bridgehead atoms. The van der Waals surface area contributed by atoms with Crippen LogP contribution in [0.4, 0.5) is 5.95 Å². The molecular weight excluding hydrogens is 210 g/mol. The number of rotatable bonds is 2. The van der Waals surface area contributed by atoms with E-state index >= 15 is 0 Å². The van der Waals surface area contributed by atoms with Crippen molar-refractivity contribution in [3.05, 3.63) is 12.4 Å². The van der Waals surface area contributed by atoms with Gasteiger partial charge in [0.1, 0.15) is 0 Å². The predicted molar refractivity (Wildman–Crippen MR) is 63.5 cm³/mol. The first kappa shape index (κ1) is 10.8. The number of imidazole rings is 1. The molecule has 2 rings (SSSR count). The summed E-state index contributed by atoms with van der Waals surface area (Å²) in [7, 11) is 4.11. The molecule has 1 heterocycles. The summed E-state index contributed by atoms with van der Waals surface area (Å²) in [6, 6.07) is 0.432. The highest BCUT2D eigenvalue weighted by Crippen LogP contribution is 2.28. The third-order valence-electron chi connectivity index (χ3n) is 3.26. The number of alkyl halides is 1. The molecule has 15 heavy (non-hydrogen) atoms. The first-order valence-corrected chi connectivity index (χ1v) is 5.98. The second-order valence-corrected chi connectivity index (χ2v) is 4.88. The molecule has 1 aromatic rings. The van der Waals surface area contributed by atoms with Crippen molar-refractivity contribution in [3.8, 4) is 0 Å². The molecule has 0 amide bonds. The fraction of sp³-hybridized carbons (Fsp3) is 0.727. The Morgan fingerprint density at radius 3 is 2.80 bits per heavy atom. The van der Waals surface area contributed by atoms with Crippen LogP contribution in [-0.4, -0.2) is 28.0 Å². The normalized spacial score (nSPS) is 26.6. The van der Waals surface area contributed by atoms with Gasteiger partial charge in [0.2, 0.25) is 5.95 Å². The highest BCUT2D eigenvalue weighted by molar-refractivity contribution is 6.21. The van der Waals surface area contributed by atoms with Crippen molar-refractivity contribution < 1.29 is 0 Å². The minimum Gasteiger partial charge on any atom is -0.341 e. The standard InChI is InChI=1S/C11H18ClN3/c1-14-8-7-13-11(14)15(2)10-6-4-3-5-9(10)12/h7-10H,3-6H2,1-2H3. The highest BCUT2D eigenvalue weighted by atomic mass is 35.5. The van der Waals surface area contributed by atoms with Crippen LogP contribution in [-0.2, 0) is 7.05 Å². The van der Waals surface area contributed by atoms with Crippen LogP contribution < -0.4 is 4.90 Å².